The molecule has 0 aliphatic heterocycles. The SMILES string of the molecule is CCOc1c(C(F)(F)F)ccc(C(C)=O)c1Br. The van der Waals surface area contributed by atoms with Crippen molar-refractivity contribution >= 4 is 21.7 Å². The number of Topliss-reactive ketones (excluding diaryl/α,β-unsaturated/α-hetero) is 1. The summed E-state index contributed by atoms with van der Waals surface area (Å²) in [5, 5.41) is 0. The number of rotatable bonds is 3. The summed E-state index contributed by atoms with van der Waals surface area (Å²) in [6.45, 7) is 2.94. The first-order chi connectivity index (χ1) is 7.79. The molecular weight excluding hydrogens is 301 g/mol. The molecule has 17 heavy (non-hydrogen) atoms. The molecule has 0 aliphatic carbocycles. The van der Waals surface area contributed by atoms with Crippen LogP contribution in [0.1, 0.15) is 29.8 Å². The summed E-state index contributed by atoms with van der Waals surface area (Å²) in [5.74, 6) is -0.667. The fraction of sp³-hybridized carbons (Fsp3) is 0.364. The van der Waals surface area contributed by atoms with Gasteiger partial charge in [-0.1, -0.05) is 0 Å². The lowest BCUT2D eigenvalue weighted by Crippen LogP contribution is -2.11. The minimum Gasteiger partial charge on any atom is -0.492 e. The van der Waals surface area contributed by atoms with E-state index in [1.165, 1.54) is 6.92 Å². The van der Waals surface area contributed by atoms with Gasteiger partial charge in [0.25, 0.3) is 0 Å². The van der Waals surface area contributed by atoms with Gasteiger partial charge in [0.1, 0.15) is 5.75 Å². The van der Waals surface area contributed by atoms with E-state index in [2.05, 4.69) is 15.9 Å². The predicted molar refractivity (Wildman–Crippen MR) is 60.3 cm³/mol. The van der Waals surface area contributed by atoms with Crippen LogP contribution in [0.4, 0.5) is 13.2 Å². The maximum Gasteiger partial charge on any atom is 0.420 e. The topological polar surface area (TPSA) is 26.3 Å². The molecule has 0 N–H and O–H groups in total. The molecule has 0 spiro atoms. The van der Waals surface area contributed by atoms with Gasteiger partial charge in [-0.25, -0.2) is 0 Å². The van der Waals surface area contributed by atoms with Gasteiger partial charge in [0, 0.05) is 5.56 Å². The molecule has 0 bridgehead atoms. The molecule has 0 saturated carbocycles. The third kappa shape index (κ3) is 3.00. The molecule has 0 aliphatic rings. The van der Waals surface area contributed by atoms with Crippen LogP contribution in [-0.4, -0.2) is 12.4 Å². The van der Waals surface area contributed by atoms with E-state index in [1.807, 2.05) is 0 Å². The van der Waals surface area contributed by atoms with Crippen molar-refractivity contribution in [3.05, 3.63) is 27.7 Å². The summed E-state index contributed by atoms with van der Waals surface area (Å²) in [6, 6.07) is 1.99. The summed E-state index contributed by atoms with van der Waals surface area (Å²) in [4.78, 5) is 11.2. The fourth-order valence-corrected chi connectivity index (χ4v) is 2.08. The van der Waals surface area contributed by atoms with Crippen molar-refractivity contribution in [1.82, 2.24) is 0 Å². The minimum atomic E-state index is -4.51. The molecule has 0 atom stereocenters. The Morgan fingerprint density at radius 2 is 2.00 bits per heavy atom. The summed E-state index contributed by atoms with van der Waals surface area (Å²) in [6.07, 6.45) is -4.51. The Morgan fingerprint density at radius 1 is 1.41 bits per heavy atom. The quantitative estimate of drug-likeness (QED) is 0.787. The third-order valence-electron chi connectivity index (χ3n) is 2.07. The number of benzene rings is 1. The Labute approximate surface area is 105 Å². The van der Waals surface area contributed by atoms with E-state index >= 15 is 0 Å². The van der Waals surface area contributed by atoms with Crippen LogP contribution in [0.15, 0.2) is 16.6 Å². The highest BCUT2D eigenvalue weighted by Gasteiger charge is 2.36. The largest absolute Gasteiger partial charge is 0.492 e. The van der Waals surface area contributed by atoms with E-state index in [4.69, 9.17) is 4.74 Å². The molecule has 0 aromatic heterocycles. The van der Waals surface area contributed by atoms with E-state index in [9.17, 15) is 18.0 Å². The number of alkyl halides is 3. The average molecular weight is 311 g/mol. The first kappa shape index (κ1) is 14.0. The molecule has 1 aromatic carbocycles. The number of carbonyl (C=O) groups excluding carboxylic acids is 1. The number of hydrogen-bond donors (Lipinski definition) is 0. The van der Waals surface area contributed by atoms with Gasteiger partial charge in [0.05, 0.1) is 16.6 Å². The minimum absolute atomic E-state index is 0.0432. The van der Waals surface area contributed by atoms with Gasteiger partial charge < -0.3 is 4.74 Å². The molecule has 0 unspecified atom stereocenters. The molecule has 2 nitrogen and oxygen atoms in total. The van der Waals surface area contributed by atoms with Crippen molar-refractivity contribution in [3.8, 4) is 5.75 Å². The van der Waals surface area contributed by atoms with Gasteiger partial charge in [-0.2, -0.15) is 13.2 Å². The maximum atomic E-state index is 12.7. The van der Waals surface area contributed by atoms with Crippen molar-refractivity contribution in [2.24, 2.45) is 0 Å². The second-order valence-electron chi connectivity index (χ2n) is 3.29. The standard InChI is InChI=1S/C11H10BrF3O2/c1-3-17-10-8(11(13,14)15)5-4-7(6(2)16)9(10)12/h4-5H,3H2,1-2H3. The lowest BCUT2D eigenvalue weighted by Gasteiger charge is -2.16. The monoisotopic (exact) mass is 310 g/mol. The Morgan fingerprint density at radius 3 is 2.41 bits per heavy atom. The van der Waals surface area contributed by atoms with Gasteiger partial charge in [-0.3, -0.25) is 4.79 Å². The molecule has 0 radical (unpaired) electrons. The first-order valence-corrected chi connectivity index (χ1v) is 5.61. The molecule has 1 aromatic rings. The van der Waals surface area contributed by atoms with E-state index in [1.54, 1.807) is 6.92 Å². The van der Waals surface area contributed by atoms with Gasteiger partial charge >= 0.3 is 6.18 Å². The van der Waals surface area contributed by atoms with Crippen molar-refractivity contribution in [1.29, 1.82) is 0 Å². The van der Waals surface area contributed by atoms with E-state index in [-0.39, 0.29) is 28.2 Å². The van der Waals surface area contributed by atoms with Crippen LogP contribution in [0.3, 0.4) is 0 Å². The zero-order chi connectivity index (χ0) is 13.2. The Hall–Kier alpha value is -1.04. The van der Waals surface area contributed by atoms with Gasteiger partial charge in [0.2, 0.25) is 0 Å². The number of halogens is 4. The molecular formula is C11H10BrF3O2. The maximum absolute atomic E-state index is 12.7. The van der Waals surface area contributed by atoms with Gasteiger partial charge in [0.15, 0.2) is 5.78 Å². The van der Waals surface area contributed by atoms with E-state index in [0.29, 0.717) is 0 Å². The van der Waals surface area contributed by atoms with Crippen LogP contribution in [0, 0.1) is 0 Å². The lowest BCUT2D eigenvalue weighted by molar-refractivity contribution is -0.139. The van der Waals surface area contributed by atoms with Crippen molar-refractivity contribution in [3.63, 3.8) is 0 Å². The lowest BCUT2D eigenvalue weighted by atomic mass is 10.1. The number of carbonyl (C=O) groups is 1. The summed E-state index contributed by atoms with van der Waals surface area (Å²) in [7, 11) is 0. The molecule has 94 valence electrons. The van der Waals surface area contributed by atoms with Crippen molar-refractivity contribution in [2.45, 2.75) is 20.0 Å². The normalized spacial score (nSPS) is 11.4. The number of ketones is 1. The molecule has 6 heteroatoms. The first-order valence-electron chi connectivity index (χ1n) is 4.82. The molecule has 0 heterocycles. The van der Waals surface area contributed by atoms with E-state index < -0.39 is 11.7 Å². The molecule has 1 rings (SSSR count). The second-order valence-corrected chi connectivity index (χ2v) is 4.08. The highest BCUT2D eigenvalue weighted by Crippen LogP contribution is 2.42. The van der Waals surface area contributed by atoms with Crippen molar-refractivity contribution < 1.29 is 22.7 Å². The number of ether oxygens (including phenoxy) is 1. The number of hydrogen-bond acceptors (Lipinski definition) is 2. The van der Waals surface area contributed by atoms with Crippen molar-refractivity contribution in [2.75, 3.05) is 6.61 Å². The van der Waals surface area contributed by atoms with Crippen LogP contribution in [-0.2, 0) is 6.18 Å². The van der Waals surface area contributed by atoms with Crippen LogP contribution >= 0.6 is 15.9 Å². The average Bonchev–Trinajstić information content (AvgIpc) is 2.18. The van der Waals surface area contributed by atoms with Gasteiger partial charge in [-0.05, 0) is 41.9 Å². The van der Waals surface area contributed by atoms with Gasteiger partial charge in [-0.15, -0.1) is 0 Å². The highest BCUT2D eigenvalue weighted by molar-refractivity contribution is 9.10. The molecule has 0 amide bonds. The third-order valence-corrected chi connectivity index (χ3v) is 2.86. The fourth-order valence-electron chi connectivity index (χ4n) is 1.34. The summed E-state index contributed by atoms with van der Waals surface area (Å²) in [5.41, 5.74) is -0.724. The van der Waals surface area contributed by atoms with E-state index in [0.717, 1.165) is 12.1 Å². The second kappa shape index (κ2) is 5.08. The Bertz CT molecular complexity index is 441. The summed E-state index contributed by atoms with van der Waals surface area (Å²) >= 11 is 2.98. The Balaban J connectivity index is 3.45. The molecule has 0 saturated heterocycles. The predicted octanol–water partition coefficient (Wildman–Crippen LogP) is 4.07. The van der Waals surface area contributed by atoms with Crippen LogP contribution < -0.4 is 4.74 Å². The summed E-state index contributed by atoms with van der Waals surface area (Å²) < 4.78 is 43.1. The van der Waals surface area contributed by atoms with Crippen LogP contribution in [0.2, 0.25) is 0 Å². The highest BCUT2D eigenvalue weighted by atomic mass is 79.9. The Kier molecular flexibility index (Phi) is 4.19. The zero-order valence-electron chi connectivity index (χ0n) is 9.19. The zero-order valence-corrected chi connectivity index (χ0v) is 10.8. The molecule has 0 fully saturated rings. The van der Waals surface area contributed by atoms with Crippen LogP contribution in [0.5, 0.6) is 5.75 Å². The van der Waals surface area contributed by atoms with Crippen LogP contribution in [0.25, 0.3) is 0 Å². The smallest absolute Gasteiger partial charge is 0.420 e.